The number of imidazole rings is 1. The summed E-state index contributed by atoms with van der Waals surface area (Å²) >= 11 is 3.53. The van der Waals surface area contributed by atoms with Gasteiger partial charge in [0.25, 0.3) is 0 Å². The zero-order valence-electron chi connectivity index (χ0n) is 7.41. The van der Waals surface area contributed by atoms with Crippen molar-refractivity contribution in [3.05, 3.63) is 18.7 Å². The van der Waals surface area contributed by atoms with E-state index in [0.717, 1.165) is 17.8 Å². The van der Waals surface area contributed by atoms with E-state index in [9.17, 15) is 0 Å². The molecule has 0 aliphatic carbocycles. The highest BCUT2D eigenvalue weighted by molar-refractivity contribution is 9.09. The molecule has 12 heavy (non-hydrogen) atoms. The Balaban J connectivity index is 2.37. The van der Waals surface area contributed by atoms with E-state index in [1.54, 1.807) is 0 Å². The molecule has 0 fully saturated rings. The Morgan fingerprint density at radius 3 is 2.92 bits per heavy atom. The summed E-state index contributed by atoms with van der Waals surface area (Å²) in [4.78, 5) is 4.02. The fourth-order valence-corrected chi connectivity index (χ4v) is 1.85. The van der Waals surface area contributed by atoms with Crippen molar-refractivity contribution in [2.45, 2.75) is 26.3 Å². The molecule has 1 heterocycles. The van der Waals surface area contributed by atoms with Gasteiger partial charge in [-0.1, -0.05) is 29.3 Å². The van der Waals surface area contributed by atoms with Crippen molar-refractivity contribution in [1.82, 2.24) is 9.55 Å². The molecule has 1 atom stereocenters. The predicted octanol–water partition coefficient (Wildman–Crippen LogP) is 2.69. The van der Waals surface area contributed by atoms with Gasteiger partial charge in [-0.25, -0.2) is 4.98 Å². The molecule has 0 aromatic carbocycles. The average Bonchev–Trinajstić information content (AvgIpc) is 2.56. The lowest BCUT2D eigenvalue weighted by Gasteiger charge is -2.12. The molecule has 1 rings (SSSR count). The first-order chi connectivity index (χ1) is 5.86. The van der Waals surface area contributed by atoms with Crippen LogP contribution in [0.15, 0.2) is 18.7 Å². The maximum atomic E-state index is 4.02. The minimum atomic E-state index is 0.740. The van der Waals surface area contributed by atoms with Gasteiger partial charge >= 0.3 is 0 Å². The number of hydrogen-bond donors (Lipinski definition) is 0. The first-order valence-electron chi connectivity index (χ1n) is 4.38. The lowest BCUT2D eigenvalue weighted by Crippen LogP contribution is -2.10. The average molecular weight is 231 g/mol. The topological polar surface area (TPSA) is 17.8 Å². The van der Waals surface area contributed by atoms with E-state index in [1.807, 2.05) is 18.7 Å². The SMILES string of the molecule is CCCC(CBr)Cn1ccnc1. The second kappa shape index (κ2) is 5.36. The van der Waals surface area contributed by atoms with Crippen molar-refractivity contribution >= 4 is 15.9 Å². The smallest absolute Gasteiger partial charge is 0.0946 e. The molecule has 0 bridgehead atoms. The van der Waals surface area contributed by atoms with Crippen LogP contribution in [0.3, 0.4) is 0 Å². The molecule has 0 spiro atoms. The van der Waals surface area contributed by atoms with Crippen molar-refractivity contribution in [3.63, 3.8) is 0 Å². The summed E-state index contributed by atoms with van der Waals surface area (Å²) in [6.45, 7) is 3.31. The fourth-order valence-electron chi connectivity index (χ4n) is 1.32. The van der Waals surface area contributed by atoms with Crippen LogP contribution in [-0.4, -0.2) is 14.9 Å². The molecule has 0 radical (unpaired) electrons. The zero-order valence-corrected chi connectivity index (χ0v) is 9.00. The van der Waals surface area contributed by atoms with Gasteiger partial charge in [-0.2, -0.15) is 0 Å². The molecule has 0 saturated heterocycles. The van der Waals surface area contributed by atoms with Crippen LogP contribution in [0.4, 0.5) is 0 Å². The van der Waals surface area contributed by atoms with E-state index in [-0.39, 0.29) is 0 Å². The van der Waals surface area contributed by atoms with Gasteiger partial charge in [0.1, 0.15) is 0 Å². The molecule has 3 heteroatoms. The normalized spacial score (nSPS) is 13.2. The van der Waals surface area contributed by atoms with Gasteiger partial charge in [0.15, 0.2) is 0 Å². The molecule has 1 unspecified atom stereocenters. The maximum Gasteiger partial charge on any atom is 0.0946 e. The van der Waals surface area contributed by atoms with Gasteiger partial charge in [0.05, 0.1) is 6.33 Å². The van der Waals surface area contributed by atoms with E-state index in [0.29, 0.717) is 0 Å². The molecule has 0 aliphatic rings. The van der Waals surface area contributed by atoms with Gasteiger partial charge < -0.3 is 4.57 Å². The Morgan fingerprint density at radius 2 is 2.42 bits per heavy atom. The lowest BCUT2D eigenvalue weighted by molar-refractivity contribution is 0.455. The molecule has 1 aromatic heterocycles. The van der Waals surface area contributed by atoms with Crippen molar-refractivity contribution in [1.29, 1.82) is 0 Å². The van der Waals surface area contributed by atoms with Crippen molar-refractivity contribution in [2.75, 3.05) is 5.33 Å². The highest BCUT2D eigenvalue weighted by Gasteiger charge is 2.05. The molecular weight excluding hydrogens is 216 g/mol. The molecule has 68 valence electrons. The summed E-state index contributed by atoms with van der Waals surface area (Å²) in [7, 11) is 0. The van der Waals surface area contributed by atoms with Gasteiger partial charge in [0, 0.05) is 24.3 Å². The lowest BCUT2D eigenvalue weighted by atomic mass is 10.1. The summed E-state index contributed by atoms with van der Waals surface area (Å²) in [6.07, 6.45) is 8.27. The third kappa shape index (κ3) is 2.97. The van der Waals surface area contributed by atoms with Crippen LogP contribution in [0, 0.1) is 5.92 Å². The maximum absolute atomic E-state index is 4.02. The minimum absolute atomic E-state index is 0.740. The van der Waals surface area contributed by atoms with Crippen LogP contribution in [0.5, 0.6) is 0 Å². The molecule has 0 aliphatic heterocycles. The standard InChI is InChI=1S/C9H15BrN2/c1-2-3-9(6-10)7-12-5-4-11-8-12/h4-5,8-9H,2-3,6-7H2,1H3. The van der Waals surface area contributed by atoms with Crippen LogP contribution < -0.4 is 0 Å². The number of aromatic nitrogens is 2. The minimum Gasteiger partial charge on any atom is -0.337 e. The third-order valence-corrected chi connectivity index (χ3v) is 2.86. The second-order valence-electron chi connectivity index (χ2n) is 3.07. The molecular formula is C9H15BrN2. The summed E-state index contributed by atoms with van der Waals surface area (Å²) < 4.78 is 2.14. The molecule has 1 aromatic rings. The van der Waals surface area contributed by atoms with E-state index >= 15 is 0 Å². The first kappa shape index (κ1) is 9.78. The molecule has 0 saturated carbocycles. The monoisotopic (exact) mass is 230 g/mol. The molecule has 0 amide bonds. The fraction of sp³-hybridized carbons (Fsp3) is 0.667. The number of rotatable bonds is 5. The van der Waals surface area contributed by atoms with E-state index in [2.05, 4.69) is 32.4 Å². The van der Waals surface area contributed by atoms with Crippen molar-refractivity contribution < 1.29 is 0 Å². The van der Waals surface area contributed by atoms with E-state index in [4.69, 9.17) is 0 Å². The Kier molecular flexibility index (Phi) is 4.36. The van der Waals surface area contributed by atoms with Crippen LogP contribution in [0.2, 0.25) is 0 Å². The van der Waals surface area contributed by atoms with Crippen LogP contribution in [0.25, 0.3) is 0 Å². The number of halogens is 1. The van der Waals surface area contributed by atoms with Crippen LogP contribution in [-0.2, 0) is 6.54 Å². The van der Waals surface area contributed by atoms with Gasteiger partial charge in [-0.3, -0.25) is 0 Å². The Morgan fingerprint density at radius 1 is 1.58 bits per heavy atom. The molecule has 2 nitrogen and oxygen atoms in total. The first-order valence-corrected chi connectivity index (χ1v) is 5.50. The van der Waals surface area contributed by atoms with Gasteiger partial charge in [0.2, 0.25) is 0 Å². The van der Waals surface area contributed by atoms with E-state index in [1.165, 1.54) is 12.8 Å². The van der Waals surface area contributed by atoms with Gasteiger partial charge in [-0.15, -0.1) is 0 Å². The number of alkyl halides is 1. The zero-order chi connectivity index (χ0) is 8.81. The summed E-state index contributed by atoms with van der Waals surface area (Å²) in [5.74, 6) is 0.740. The number of nitrogens with zero attached hydrogens (tertiary/aromatic N) is 2. The Hall–Kier alpha value is -0.310. The predicted molar refractivity (Wildman–Crippen MR) is 54.4 cm³/mol. The van der Waals surface area contributed by atoms with Crippen molar-refractivity contribution in [2.24, 2.45) is 5.92 Å². The summed E-state index contributed by atoms with van der Waals surface area (Å²) in [5, 5.41) is 1.08. The summed E-state index contributed by atoms with van der Waals surface area (Å²) in [5.41, 5.74) is 0. The van der Waals surface area contributed by atoms with Crippen LogP contribution >= 0.6 is 15.9 Å². The Labute approximate surface area is 82.1 Å². The largest absolute Gasteiger partial charge is 0.337 e. The van der Waals surface area contributed by atoms with Crippen molar-refractivity contribution in [3.8, 4) is 0 Å². The summed E-state index contributed by atoms with van der Waals surface area (Å²) in [6, 6.07) is 0. The second-order valence-corrected chi connectivity index (χ2v) is 3.72. The number of hydrogen-bond acceptors (Lipinski definition) is 1. The van der Waals surface area contributed by atoms with Crippen LogP contribution in [0.1, 0.15) is 19.8 Å². The van der Waals surface area contributed by atoms with Gasteiger partial charge in [-0.05, 0) is 12.3 Å². The quantitative estimate of drug-likeness (QED) is 0.712. The highest BCUT2D eigenvalue weighted by atomic mass is 79.9. The highest BCUT2D eigenvalue weighted by Crippen LogP contribution is 2.11. The molecule has 0 N–H and O–H groups in total. The Bertz CT molecular complexity index is 196. The van der Waals surface area contributed by atoms with E-state index < -0.39 is 0 Å². The third-order valence-electron chi connectivity index (χ3n) is 1.94.